The summed E-state index contributed by atoms with van der Waals surface area (Å²) < 4.78 is 10.8. The van der Waals surface area contributed by atoms with Crippen LogP contribution in [0.4, 0.5) is 0 Å². The predicted octanol–water partition coefficient (Wildman–Crippen LogP) is 2.48. The molecule has 0 spiro atoms. The monoisotopic (exact) mass is 291 g/mol. The number of rotatable bonds is 5. The molecule has 1 fully saturated rings. The van der Waals surface area contributed by atoms with Gasteiger partial charge in [-0.05, 0) is 23.5 Å². The van der Waals surface area contributed by atoms with Gasteiger partial charge in [0.25, 0.3) is 5.91 Å². The van der Waals surface area contributed by atoms with Gasteiger partial charge in [-0.25, -0.2) is 0 Å². The fourth-order valence-electron chi connectivity index (χ4n) is 2.48. The number of amides is 1. The molecule has 1 aromatic carbocycles. The minimum absolute atomic E-state index is 0.00562. The minimum atomic E-state index is -0.491. The molecule has 1 aliphatic heterocycles. The molecule has 1 aromatic rings. The van der Waals surface area contributed by atoms with E-state index in [0.29, 0.717) is 25.7 Å². The Morgan fingerprint density at radius 1 is 1.29 bits per heavy atom. The van der Waals surface area contributed by atoms with Gasteiger partial charge in [0.1, 0.15) is 0 Å². The van der Waals surface area contributed by atoms with E-state index in [1.807, 2.05) is 0 Å². The van der Waals surface area contributed by atoms with Crippen molar-refractivity contribution in [3.05, 3.63) is 35.4 Å². The van der Waals surface area contributed by atoms with E-state index < -0.39 is 6.10 Å². The van der Waals surface area contributed by atoms with E-state index in [1.165, 1.54) is 5.56 Å². The van der Waals surface area contributed by atoms with Crippen molar-refractivity contribution in [2.75, 3.05) is 19.8 Å². The zero-order valence-corrected chi connectivity index (χ0v) is 13.1. The number of nitrogens with one attached hydrogen (secondary N) is 1. The summed E-state index contributed by atoms with van der Waals surface area (Å²) in [7, 11) is 0. The molecule has 21 heavy (non-hydrogen) atoms. The number of carbonyl (C=O) groups excluding carboxylic acids is 1. The lowest BCUT2D eigenvalue weighted by molar-refractivity contribution is -0.148. The van der Waals surface area contributed by atoms with E-state index in [9.17, 15) is 4.79 Å². The van der Waals surface area contributed by atoms with Gasteiger partial charge in [0.2, 0.25) is 0 Å². The van der Waals surface area contributed by atoms with E-state index in [0.717, 1.165) is 12.0 Å². The number of benzene rings is 1. The number of ether oxygens (including phenoxy) is 2. The average Bonchev–Trinajstić information content (AvgIpc) is 2.53. The second kappa shape index (κ2) is 7.57. The third-order valence-corrected chi connectivity index (χ3v) is 3.82. The van der Waals surface area contributed by atoms with E-state index in [-0.39, 0.29) is 11.9 Å². The molecule has 0 aliphatic carbocycles. The summed E-state index contributed by atoms with van der Waals surface area (Å²) in [6.45, 7) is 7.74. The Kier molecular flexibility index (Phi) is 5.76. The quantitative estimate of drug-likeness (QED) is 0.906. The fourth-order valence-corrected chi connectivity index (χ4v) is 2.48. The highest BCUT2D eigenvalue weighted by Crippen LogP contribution is 2.22. The predicted molar refractivity (Wildman–Crippen MR) is 82.1 cm³/mol. The van der Waals surface area contributed by atoms with Crippen molar-refractivity contribution in [2.45, 2.75) is 39.3 Å². The Bertz CT molecular complexity index is 450. The van der Waals surface area contributed by atoms with Crippen LogP contribution in [0.2, 0.25) is 0 Å². The van der Waals surface area contributed by atoms with Crippen LogP contribution in [0.25, 0.3) is 0 Å². The lowest BCUT2D eigenvalue weighted by atomic mass is 9.94. The summed E-state index contributed by atoms with van der Waals surface area (Å²) in [5.41, 5.74) is 2.43. The maximum Gasteiger partial charge on any atom is 0.252 e. The van der Waals surface area contributed by atoms with Crippen molar-refractivity contribution in [3.8, 4) is 0 Å². The molecule has 2 atom stereocenters. The van der Waals surface area contributed by atoms with Crippen molar-refractivity contribution in [2.24, 2.45) is 5.92 Å². The van der Waals surface area contributed by atoms with Gasteiger partial charge < -0.3 is 14.8 Å². The minimum Gasteiger partial charge on any atom is -0.376 e. The summed E-state index contributed by atoms with van der Waals surface area (Å²) in [4.78, 5) is 12.3. The Balaban J connectivity index is 2.05. The third kappa shape index (κ3) is 4.29. The highest BCUT2D eigenvalue weighted by molar-refractivity contribution is 5.81. The van der Waals surface area contributed by atoms with Crippen molar-refractivity contribution in [1.29, 1.82) is 0 Å². The smallest absolute Gasteiger partial charge is 0.252 e. The molecule has 1 amide bonds. The summed E-state index contributed by atoms with van der Waals surface area (Å²) >= 11 is 0. The molecule has 0 saturated carbocycles. The van der Waals surface area contributed by atoms with Gasteiger partial charge in [0, 0.05) is 0 Å². The maximum absolute atomic E-state index is 12.3. The largest absolute Gasteiger partial charge is 0.376 e. The van der Waals surface area contributed by atoms with Crippen molar-refractivity contribution in [3.63, 3.8) is 0 Å². The molecule has 0 aromatic heterocycles. The van der Waals surface area contributed by atoms with Crippen molar-refractivity contribution >= 4 is 5.91 Å². The molecule has 1 saturated heterocycles. The molecule has 0 unspecified atom stereocenters. The zero-order valence-electron chi connectivity index (χ0n) is 13.1. The Morgan fingerprint density at radius 3 is 2.52 bits per heavy atom. The SMILES string of the molecule is CCc1ccc([C@@H](NC(=O)[C@@H]2COCCO2)C(C)C)cc1. The molecule has 1 heterocycles. The first kappa shape index (κ1) is 16.0. The molecular formula is C17H25NO3. The van der Waals surface area contributed by atoms with Crippen LogP contribution in [0, 0.1) is 5.92 Å². The molecule has 0 bridgehead atoms. The van der Waals surface area contributed by atoms with E-state index in [2.05, 4.69) is 50.4 Å². The highest BCUT2D eigenvalue weighted by Gasteiger charge is 2.26. The lowest BCUT2D eigenvalue weighted by Gasteiger charge is -2.27. The molecule has 4 heteroatoms. The fraction of sp³-hybridized carbons (Fsp3) is 0.588. The first-order chi connectivity index (χ1) is 10.1. The topological polar surface area (TPSA) is 47.6 Å². The summed E-state index contributed by atoms with van der Waals surface area (Å²) in [5, 5.41) is 3.10. The summed E-state index contributed by atoms with van der Waals surface area (Å²) in [5.74, 6) is 0.221. The van der Waals surface area contributed by atoms with Crippen LogP contribution in [0.5, 0.6) is 0 Å². The van der Waals surface area contributed by atoms with Crippen LogP contribution in [0.3, 0.4) is 0 Å². The van der Waals surface area contributed by atoms with Gasteiger partial charge in [-0.1, -0.05) is 45.0 Å². The Hall–Kier alpha value is -1.39. The van der Waals surface area contributed by atoms with Gasteiger partial charge >= 0.3 is 0 Å². The molecule has 4 nitrogen and oxygen atoms in total. The number of carbonyl (C=O) groups is 1. The van der Waals surface area contributed by atoms with Crippen LogP contribution in [-0.2, 0) is 20.7 Å². The first-order valence-electron chi connectivity index (χ1n) is 7.70. The zero-order chi connectivity index (χ0) is 15.2. The van der Waals surface area contributed by atoms with Crippen LogP contribution in [0.15, 0.2) is 24.3 Å². The summed E-state index contributed by atoms with van der Waals surface area (Å²) in [6, 6.07) is 8.44. The maximum atomic E-state index is 12.3. The van der Waals surface area contributed by atoms with E-state index in [4.69, 9.17) is 9.47 Å². The molecule has 0 radical (unpaired) electrons. The van der Waals surface area contributed by atoms with Crippen LogP contribution in [-0.4, -0.2) is 31.8 Å². The molecule has 2 rings (SSSR count). The molecule has 1 aliphatic rings. The normalized spacial score (nSPS) is 20.3. The molecular weight excluding hydrogens is 266 g/mol. The van der Waals surface area contributed by atoms with Crippen molar-refractivity contribution < 1.29 is 14.3 Å². The van der Waals surface area contributed by atoms with Crippen LogP contribution >= 0.6 is 0 Å². The van der Waals surface area contributed by atoms with Gasteiger partial charge in [-0.2, -0.15) is 0 Å². The van der Waals surface area contributed by atoms with Crippen LogP contribution in [0.1, 0.15) is 37.9 Å². The average molecular weight is 291 g/mol. The van der Waals surface area contributed by atoms with E-state index >= 15 is 0 Å². The second-order valence-electron chi connectivity index (χ2n) is 5.76. The number of aryl methyl sites for hydroxylation is 1. The number of hydrogen-bond donors (Lipinski definition) is 1. The van der Waals surface area contributed by atoms with E-state index in [1.54, 1.807) is 0 Å². The van der Waals surface area contributed by atoms with Gasteiger partial charge in [-0.15, -0.1) is 0 Å². The highest BCUT2D eigenvalue weighted by atomic mass is 16.6. The van der Waals surface area contributed by atoms with Crippen molar-refractivity contribution in [1.82, 2.24) is 5.32 Å². The molecule has 1 N–H and O–H groups in total. The Labute approximate surface area is 126 Å². The van der Waals surface area contributed by atoms with Gasteiger partial charge in [-0.3, -0.25) is 4.79 Å². The molecule has 116 valence electrons. The lowest BCUT2D eigenvalue weighted by Crippen LogP contribution is -2.45. The van der Waals surface area contributed by atoms with Crippen LogP contribution < -0.4 is 5.32 Å². The third-order valence-electron chi connectivity index (χ3n) is 3.82. The number of hydrogen-bond acceptors (Lipinski definition) is 3. The van der Waals surface area contributed by atoms with Gasteiger partial charge in [0.15, 0.2) is 6.10 Å². The Morgan fingerprint density at radius 2 is 2.00 bits per heavy atom. The second-order valence-corrected chi connectivity index (χ2v) is 5.76. The standard InChI is InChI=1S/C17H25NO3/c1-4-13-5-7-14(8-6-13)16(12(2)3)18-17(19)15-11-20-9-10-21-15/h5-8,12,15-16H,4,9-11H2,1-3H3,(H,18,19)/t15-,16-/m0/s1. The van der Waals surface area contributed by atoms with Gasteiger partial charge in [0.05, 0.1) is 25.9 Å². The summed E-state index contributed by atoms with van der Waals surface area (Å²) in [6.07, 6.45) is 0.529. The first-order valence-corrected chi connectivity index (χ1v) is 7.70.